The van der Waals surface area contributed by atoms with Crippen LogP contribution in [0.3, 0.4) is 0 Å². The highest BCUT2D eigenvalue weighted by Crippen LogP contribution is 2.26. The average molecular weight is 1040 g/mol. The minimum atomic E-state index is -1.78. The Bertz CT molecular complexity index is 1700. The molecule has 0 bridgehead atoms. The van der Waals surface area contributed by atoms with E-state index in [1.807, 2.05) is 0 Å². The third kappa shape index (κ3) is 31.3. The van der Waals surface area contributed by atoms with Gasteiger partial charge in [-0.3, -0.25) is 9.59 Å². The van der Waals surface area contributed by atoms with E-state index in [9.17, 15) is 45.3 Å². The summed E-state index contributed by atoms with van der Waals surface area (Å²) in [5.41, 5.74) is 0. The van der Waals surface area contributed by atoms with Gasteiger partial charge >= 0.3 is 11.9 Å². The van der Waals surface area contributed by atoms with Gasteiger partial charge in [0.15, 0.2) is 18.7 Å². The molecule has 2 heterocycles. The molecule has 0 aromatic rings. The van der Waals surface area contributed by atoms with Gasteiger partial charge in [-0.2, -0.15) is 0 Å². The van der Waals surface area contributed by atoms with Crippen LogP contribution in [-0.2, 0) is 38.0 Å². The Kier molecular flexibility index (Phi) is 39.7. The molecule has 0 radical (unpaired) electrons. The van der Waals surface area contributed by atoms with E-state index in [2.05, 4.69) is 123 Å². The SMILES string of the molecule is CC/C=C\C/C=C\C/C=C\C/C=C\C/C=C\CCCCCC(=O)OC(COC(=O)CCCCCCCC/C=C\C/C=C\C/C=C\C/C=C\CC)COC1OC(COC2OC(CO)C(O)C(O)C2O)C(O)C(O)C1O. The molecule has 11 atom stereocenters. The number of carbonyl (C=O) groups excluding carboxylic acids is 2. The molecule has 2 saturated heterocycles. The summed E-state index contributed by atoms with van der Waals surface area (Å²) in [7, 11) is 0. The zero-order valence-corrected chi connectivity index (χ0v) is 44.5. The molecule has 0 saturated carbocycles. The molecule has 420 valence electrons. The first-order valence-electron chi connectivity index (χ1n) is 27.5. The molecule has 0 amide bonds. The predicted octanol–water partition coefficient (Wildman–Crippen LogP) is 8.71. The molecule has 7 N–H and O–H groups in total. The molecule has 0 spiro atoms. The monoisotopic (exact) mass is 1040 g/mol. The van der Waals surface area contributed by atoms with Crippen molar-refractivity contribution in [2.24, 2.45) is 0 Å². The van der Waals surface area contributed by atoms with Crippen LogP contribution >= 0.6 is 0 Å². The Morgan fingerprint density at radius 2 is 0.811 bits per heavy atom. The van der Waals surface area contributed by atoms with Gasteiger partial charge in [0.25, 0.3) is 0 Å². The number of hydrogen-bond donors (Lipinski definition) is 7. The zero-order chi connectivity index (χ0) is 53.9. The van der Waals surface area contributed by atoms with Crippen LogP contribution in [0.1, 0.15) is 155 Å². The van der Waals surface area contributed by atoms with Crippen LogP contribution in [0, 0.1) is 0 Å². The summed E-state index contributed by atoms with van der Waals surface area (Å²) < 4.78 is 33.6. The lowest BCUT2D eigenvalue weighted by atomic mass is 9.98. The van der Waals surface area contributed by atoms with Gasteiger partial charge < -0.3 is 64.2 Å². The molecule has 2 rings (SSSR count). The Hall–Kier alpha value is -3.84. The van der Waals surface area contributed by atoms with Crippen molar-refractivity contribution in [2.75, 3.05) is 26.4 Å². The van der Waals surface area contributed by atoms with Crippen LogP contribution in [0.15, 0.2) is 109 Å². The molecular weight excluding hydrogens is 949 g/mol. The average Bonchev–Trinajstić information content (AvgIpc) is 3.39. The second kappa shape index (κ2) is 44.3. The van der Waals surface area contributed by atoms with Gasteiger partial charge in [0.1, 0.15) is 55.4 Å². The van der Waals surface area contributed by atoms with Crippen molar-refractivity contribution in [3.05, 3.63) is 109 Å². The van der Waals surface area contributed by atoms with Crippen molar-refractivity contribution in [2.45, 2.75) is 223 Å². The second-order valence-corrected chi connectivity index (χ2v) is 18.6. The molecule has 2 fully saturated rings. The first-order valence-corrected chi connectivity index (χ1v) is 27.5. The van der Waals surface area contributed by atoms with E-state index in [4.69, 9.17) is 28.4 Å². The lowest BCUT2D eigenvalue weighted by Crippen LogP contribution is -2.61. The van der Waals surface area contributed by atoms with Crippen molar-refractivity contribution >= 4 is 11.9 Å². The van der Waals surface area contributed by atoms with E-state index in [-0.39, 0.29) is 19.4 Å². The first-order chi connectivity index (χ1) is 36.0. The number of aliphatic hydroxyl groups excluding tert-OH is 7. The van der Waals surface area contributed by atoms with Crippen molar-refractivity contribution in [1.29, 1.82) is 0 Å². The Balaban J connectivity index is 1.81. The number of allylic oxidation sites excluding steroid dienone is 18. The highest BCUT2D eigenvalue weighted by molar-refractivity contribution is 5.70. The van der Waals surface area contributed by atoms with Crippen LogP contribution in [0.25, 0.3) is 0 Å². The molecule has 2 aliphatic rings. The van der Waals surface area contributed by atoms with Crippen LogP contribution in [0.4, 0.5) is 0 Å². The fourth-order valence-electron chi connectivity index (χ4n) is 7.82. The fraction of sp³-hybridized carbons (Fsp3) is 0.661. The molecule has 0 aliphatic carbocycles. The summed E-state index contributed by atoms with van der Waals surface area (Å²) in [4.78, 5) is 25.9. The third-order valence-electron chi connectivity index (χ3n) is 12.2. The number of hydrogen-bond acceptors (Lipinski definition) is 15. The van der Waals surface area contributed by atoms with Gasteiger partial charge in [-0.25, -0.2) is 0 Å². The highest BCUT2D eigenvalue weighted by Gasteiger charge is 2.47. The maximum Gasteiger partial charge on any atom is 0.306 e. The van der Waals surface area contributed by atoms with E-state index >= 15 is 0 Å². The topological polar surface area (TPSA) is 231 Å². The van der Waals surface area contributed by atoms with Crippen molar-refractivity contribution in [3.63, 3.8) is 0 Å². The number of esters is 2. The number of unbranched alkanes of at least 4 members (excludes halogenated alkanes) is 9. The van der Waals surface area contributed by atoms with E-state index < -0.39 is 99.3 Å². The predicted molar refractivity (Wildman–Crippen MR) is 288 cm³/mol. The number of ether oxygens (including phenoxy) is 6. The van der Waals surface area contributed by atoms with Crippen LogP contribution in [0.2, 0.25) is 0 Å². The maximum absolute atomic E-state index is 13.0. The summed E-state index contributed by atoms with van der Waals surface area (Å²) >= 11 is 0. The molecule has 15 nitrogen and oxygen atoms in total. The van der Waals surface area contributed by atoms with E-state index in [0.29, 0.717) is 12.8 Å². The minimum absolute atomic E-state index is 0.115. The molecular formula is C59H94O15. The standard InChI is InChI=1S/C59H94O15/c1-3-5-7-9-11-13-15-17-19-21-23-25-27-29-31-33-35-37-39-41-50(61)69-44-47(72-51(62)42-40-38-36-34-32-30-28-26-24-22-20-18-16-14-12-10-8-6-4-2)45-70-58-57(68)55(66)53(64)49(74-58)46-71-59-56(67)54(65)52(63)48(43-60)73-59/h5-8,11-14,17-20,23-26,30,32,47-49,52-60,63-68H,3-4,9-10,15-16,21-22,27-29,31,33-46H2,1-2H3/b7-5-,8-6-,13-11-,14-12-,19-17-,20-18-,25-23-,26-24-,32-30-. The summed E-state index contributed by atoms with van der Waals surface area (Å²) in [5.74, 6) is -0.990. The van der Waals surface area contributed by atoms with Crippen LogP contribution in [-0.4, -0.2) is 142 Å². The number of carbonyl (C=O) groups is 2. The van der Waals surface area contributed by atoms with Crippen LogP contribution in [0.5, 0.6) is 0 Å². The number of rotatable bonds is 41. The van der Waals surface area contributed by atoms with E-state index in [1.165, 1.54) is 0 Å². The summed E-state index contributed by atoms with van der Waals surface area (Å²) in [6, 6.07) is 0. The van der Waals surface area contributed by atoms with Gasteiger partial charge in [-0.1, -0.05) is 155 Å². The smallest absolute Gasteiger partial charge is 0.306 e. The number of aliphatic hydroxyl groups is 7. The lowest BCUT2D eigenvalue weighted by molar-refractivity contribution is -0.332. The van der Waals surface area contributed by atoms with E-state index in [0.717, 1.165) is 116 Å². The van der Waals surface area contributed by atoms with Crippen molar-refractivity contribution < 1.29 is 73.8 Å². The lowest BCUT2D eigenvalue weighted by Gasteiger charge is -2.42. The Labute approximate surface area is 442 Å². The summed E-state index contributed by atoms with van der Waals surface area (Å²) in [6.07, 6.45) is 41.0. The molecule has 74 heavy (non-hydrogen) atoms. The molecule has 11 unspecified atom stereocenters. The summed E-state index contributed by atoms with van der Waals surface area (Å²) in [6.45, 7) is 2.30. The highest BCUT2D eigenvalue weighted by atomic mass is 16.7. The quantitative estimate of drug-likeness (QED) is 0.0173. The minimum Gasteiger partial charge on any atom is -0.462 e. The Morgan fingerprint density at radius 3 is 1.28 bits per heavy atom. The summed E-state index contributed by atoms with van der Waals surface area (Å²) in [5, 5.41) is 72.2. The van der Waals surface area contributed by atoms with Gasteiger partial charge in [0.05, 0.1) is 19.8 Å². The Morgan fingerprint density at radius 1 is 0.432 bits per heavy atom. The second-order valence-electron chi connectivity index (χ2n) is 18.6. The molecule has 0 aromatic carbocycles. The van der Waals surface area contributed by atoms with Crippen molar-refractivity contribution in [3.8, 4) is 0 Å². The maximum atomic E-state index is 13.0. The largest absolute Gasteiger partial charge is 0.462 e. The van der Waals surface area contributed by atoms with Crippen molar-refractivity contribution in [1.82, 2.24) is 0 Å². The van der Waals surface area contributed by atoms with E-state index in [1.54, 1.807) is 0 Å². The van der Waals surface area contributed by atoms with Gasteiger partial charge in [-0.15, -0.1) is 0 Å². The zero-order valence-electron chi connectivity index (χ0n) is 44.5. The van der Waals surface area contributed by atoms with Crippen LogP contribution < -0.4 is 0 Å². The molecule has 15 heteroatoms. The third-order valence-corrected chi connectivity index (χ3v) is 12.2. The van der Waals surface area contributed by atoms with Gasteiger partial charge in [-0.05, 0) is 96.3 Å². The normalized spacial score (nSPS) is 25.5. The van der Waals surface area contributed by atoms with Gasteiger partial charge in [0, 0.05) is 12.8 Å². The first kappa shape index (κ1) is 66.3. The fourth-order valence-corrected chi connectivity index (χ4v) is 7.82. The molecule has 2 aliphatic heterocycles. The molecule has 0 aromatic heterocycles. The van der Waals surface area contributed by atoms with Gasteiger partial charge in [0.2, 0.25) is 0 Å².